The minimum Gasteiger partial charge on any atom is -0.444 e. The van der Waals surface area contributed by atoms with Gasteiger partial charge in [0.25, 0.3) is 5.91 Å². The molecule has 30 heavy (non-hydrogen) atoms. The van der Waals surface area contributed by atoms with Gasteiger partial charge in [-0.15, -0.1) is 0 Å². The predicted molar refractivity (Wildman–Crippen MR) is 118 cm³/mol. The number of nitrogens with zero attached hydrogens (tertiary/aromatic N) is 3. The van der Waals surface area contributed by atoms with E-state index in [1.54, 1.807) is 32.3 Å². The summed E-state index contributed by atoms with van der Waals surface area (Å²) in [6, 6.07) is 15.6. The summed E-state index contributed by atoms with van der Waals surface area (Å²) in [6.45, 7) is 3.12. The Labute approximate surface area is 176 Å². The van der Waals surface area contributed by atoms with Gasteiger partial charge in [-0.25, -0.2) is 4.98 Å². The molecule has 0 saturated carbocycles. The van der Waals surface area contributed by atoms with Crippen molar-refractivity contribution in [2.45, 2.75) is 20.0 Å². The zero-order valence-corrected chi connectivity index (χ0v) is 17.8. The van der Waals surface area contributed by atoms with Crippen molar-refractivity contribution in [3.05, 3.63) is 77.2 Å². The number of rotatable bonds is 6. The Morgan fingerprint density at radius 2 is 1.70 bits per heavy atom. The summed E-state index contributed by atoms with van der Waals surface area (Å²) in [5.74, 6) is 1.25. The Bertz CT molecular complexity index is 1000. The van der Waals surface area contributed by atoms with Crippen LogP contribution in [0.15, 0.2) is 64.2 Å². The van der Waals surface area contributed by atoms with Crippen LogP contribution in [-0.2, 0) is 13.1 Å². The highest BCUT2D eigenvalue weighted by Gasteiger charge is 2.09. The summed E-state index contributed by atoms with van der Waals surface area (Å²) in [7, 11) is 5.20. The number of amides is 1. The van der Waals surface area contributed by atoms with Gasteiger partial charge in [-0.05, 0) is 36.8 Å². The lowest BCUT2D eigenvalue weighted by atomic mass is 10.1. The van der Waals surface area contributed by atoms with E-state index in [2.05, 4.69) is 20.6 Å². The second-order valence-electron chi connectivity index (χ2n) is 7.19. The first kappa shape index (κ1) is 21.1. The van der Waals surface area contributed by atoms with Gasteiger partial charge in [0, 0.05) is 38.8 Å². The van der Waals surface area contributed by atoms with Crippen molar-refractivity contribution in [3.63, 3.8) is 0 Å². The largest absolute Gasteiger partial charge is 0.444 e. The summed E-state index contributed by atoms with van der Waals surface area (Å²) >= 11 is 0. The smallest absolute Gasteiger partial charge is 0.253 e. The van der Waals surface area contributed by atoms with E-state index in [9.17, 15) is 4.79 Å². The highest BCUT2D eigenvalue weighted by Crippen LogP contribution is 2.19. The first-order valence-corrected chi connectivity index (χ1v) is 9.73. The number of benzene rings is 2. The van der Waals surface area contributed by atoms with Crippen LogP contribution in [-0.4, -0.2) is 42.9 Å². The Morgan fingerprint density at radius 1 is 1.03 bits per heavy atom. The van der Waals surface area contributed by atoms with Crippen LogP contribution >= 0.6 is 0 Å². The molecule has 0 fully saturated rings. The van der Waals surface area contributed by atoms with E-state index < -0.39 is 0 Å². The molecule has 0 bridgehead atoms. The number of oxazole rings is 1. The molecular formula is C23H27N5O2. The third kappa shape index (κ3) is 5.47. The van der Waals surface area contributed by atoms with Crippen molar-refractivity contribution in [3.8, 4) is 11.5 Å². The maximum absolute atomic E-state index is 12.0. The number of carbonyl (C=O) groups is 1. The first-order valence-electron chi connectivity index (χ1n) is 9.73. The van der Waals surface area contributed by atoms with E-state index in [0.717, 1.165) is 16.8 Å². The van der Waals surface area contributed by atoms with Crippen molar-refractivity contribution in [2.75, 3.05) is 21.1 Å². The first-order chi connectivity index (χ1) is 14.5. The molecule has 0 saturated heterocycles. The zero-order chi connectivity index (χ0) is 21.5. The van der Waals surface area contributed by atoms with E-state index in [1.807, 2.05) is 55.5 Å². The van der Waals surface area contributed by atoms with Crippen LogP contribution in [0.25, 0.3) is 11.5 Å². The Hall–Kier alpha value is -3.61. The SMILES string of the molecule is CN=C(NCc1ccc(C(=O)N(C)C)cc1)NCc1coc(-c2ccc(C)cc2)n1. The zero-order valence-electron chi connectivity index (χ0n) is 17.8. The number of aromatic nitrogens is 1. The maximum atomic E-state index is 12.0. The minimum atomic E-state index is -0.00963. The van der Waals surface area contributed by atoms with Gasteiger partial charge in [-0.1, -0.05) is 29.8 Å². The molecule has 0 unspecified atom stereocenters. The van der Waals surface area contributed by atoms with Crippen LogP contribution < -0.4 is 10.6 Å². The van der Waals surface area contributed by atoms with Gasteiger partial charge in [0.05, 0.1) is 12.2 Å². The number of hydrogen-bond acceptors (Lipinski definition) is 4. The fourth-order valence-corrected chi connectivity index (χ4v) is 2.82. The molecule has 1 amide bonds. The van der Waals surface area contributed by atoms with Crippen molar-refractivity contribution in [2.24, 2.45) is 4.99 Å². The van der Waals surface area contributed by atoms with E-state index in [-0.39, 0.29) is 5.91 Å². The molecule has 1 aromatic heterocycles. The van der Waals surface area contributed by atoms with Crippen LogP contribution in [0.4, 0.5) is 0 Å². The summed E-state index contributed by atoms with van der Waals surface area (Å²) in [5, 5.41) is 6.49. The molecular weight excluding hydrogens is 378 g/mol. The molecule has 3 rings (SSSR count). The predicted octanol–water partition coefficient (Wildman–Crippen LogP) is 3.22. The van der Waals surface area contributed by atoms with E-state index >= 15 is 0 Å². The molecule has 0 aliphatic carbocycles. The maximum Gasteiger partial charge on any atom is 0.253 e. The van der Waals surface area contributed by atoms with Gasteiger partial charge >= 0.3 is 0 Å². The van der Waals surface area contributed by atoms with Gasteiger partial charge in [0.2, 0.25) is 5.89 Å². The number of aliphatic imine (C=N–C) groups is 1. The minimum absolute atomic E-state index is 0.00963. The number of nitrogens with one attached hydrogen (secondary N) is 2. The molecule has 0 atom stereocenters. The number of hydrogen-bond donors (Lipinski definition) is 2. The van der Waals surface area contributed by atoms with Crippen molar-refractivity contribution in [1.29, 1.82) is 0 Å². The Kier molecular flexibility index (Phi) is 6.85. The van der Waals surface area contributed by atoms with Crippen LogP contribution in [0.2, 0.25) is 0 Å². The monoisotopic (exact) mass is 405 g/mol. The molecule has 1 heterocycles. The van der Waals surface area contributed by atoms with Crippen molar-refractivity contribution in [1.82, 2.24) is 20.5 Å². The van der Waals surface area contributed by atoms with Crippen LogP contribution in [0.1, 0.15) is 27.2 Å². The second kappa shape index (κ2) is 9.73. The molecule has 7 heteroatoms. The molecule has 0 aliphatic rings. The molecule has 7 nitrogen and oxygen atoms in total. The number of guanidine groups is 1. The van der Waals surface area contributed by atoms with Crippen molar-refractivity contribution < 1.29 is 9.21 Å². The molecule has 2 N–H and O–H groups in total. The standard InChI is InChI=1S/C23H27N5O2/c1-16-5-9-18(10-6-16)21-27-20(15-30-21)14-26-23(24-2)25-13-17-7-11-19(12-8-17)22(29)28(3)4/h5-12,15H,13-14H2,1-4H3,(H2,24,25,26). The molecule has 0 aliphatic heterocycles. The summed E-state index contributed by atoms with van der Waals surface area (Å²) in [5.41, 5.74) is 4.66. The molecule has 0 radical (unpaired) electrons. The van der Waals surface area contributed by atoms with Crippen LogP contribution in [0, 0.1) is 6.92 Å². The highest BCUT2D eigenvalue weighted by molar-refractivity contribution is 5.93. The molecule has 0 spiro atoms. The molecule has 156 valence electrons. The summed E-state index contributed by atoms with van der Waals surface area (Å²) < 4.78 is 5.59. The Morgan fingerprint density at radius 3 is 2.33 bits per heavy atom. The quantitative estimate of drug-likeness (QED) is 0.486. The molecule has 2 aromatic carbocycles. The lowest BCUT2D eigenvalue weighted by Crippen LogP contribution is -2.36. The van der Waals surface area contributed by atoms with Gasteiger partial charge < -0.3 is 20.0 Å². The number of carbonyl (C=O) groups excluding carboxylic acids is 1. The summed E-state index contributed by atoms with van der Waals surface area (Å²) in [6.07, 6.45) is 1.65. The third-order valence-corrected chi connectivity index (χ3v) is 4.58. The topological polar surface area (TPSA) is 82.8 Å². The van der Waals surface area contributed by atoms with Crippen LogP contribution in [0.3, 0.4) is 0 Å². The second-order valence-corrected chi connectivity index (χ2v) is 7.19. The fourth-order valence-electron chi connectivity index (χ4n) is 2.82. The van der Waals surface area contributed by atoms with E-state index in [0.29, 0.717) is 30.5 Å². The van der Waals surface area contributed by atoms with Gasteiger partial charge in [0.1, 0.15) is 6.26 Å². The average Bonchev–Trinajstić information content (AvgIpc) is 3.23. The highest BCUT2D eigenvalue weighted by atomic mass is 16.3. The average molecular weight is 406 g/mol. The third-order valence-electron chi connectivity index (χ3n) is 4.58. The molecule has 3 aromatic rings. The lowest BCUT2D eigenvalue weighted by Gasteiger charge is -2.12. The van der Waals surface area contributed by atoms with Gasteiger partial charge in [0.15, 0.2) is 5.96 Å². The summed E-state index contributed by atoms with van der Waals surface area (Å²) in [4.78, 5) is 22.3. The van der Waals surface area contributed by atoms with Gasteiger partial charge in [-0.3, -0.25) is 9.79 Å². The normalized spacial score (nSPS) is 11.3. The van der Waals surface area contributed by atoms with Crippen molar-refractivity contribution >= 4 is 11.9 Å². The van der Waals surface area contributed by atoms with Crippen LogP contribution in [0.5, 0.6) is 0 Å². The van der Waals surface area contributed by atoms with Gasteiger partial charge in [-0.2, -0.15) is 0 Å². The van der Waals surface area contributed by atoms with E-state index in [4.69, 9.17) is 4.42 Å². The van der Waals surface area contributed by atoms with E-state index in [1.165, 1.54) is 5.56 Å². The Balaban J connectivity index is 1.52. The fraction of sp³-hybridized carbons (Fsp3) is 0.261. The lowest BCUT2D eigenvalue weighted by molar-refractivity contribution is 0.0827. The number of aryl methyl sites for hydroxylation is 1.